The van der Waals surface area contributed by atoms with E-state index >= 15 is 0 Å². The Morgan fingerprint density at radius 1 is 0.441 bits per heavy atom. The van der Waals surface area contributed by atoms with Gasteiger partial charge < -0.3 is 20.4 Å². The predicted octanol–water partition coefficient (Wildman–Crippen LogP) is 5.53. The molecule has 0 saturated carbocycles. The number of aliphatic imine (C=N–C) groups is 2. The molecule has 4 aromatic carbocycles. The molecular weight excluding hydrogens is 428 g/mol. The number of nitrogens with zero attached hydrogens (tertiary/aromatic N) is 2. The van der Waals surface area contributed by atoms with Crippen LogP contribution >= 0.6 is 0 Å². The van der Waals surface area contributed by atoms with E-state index in [1.54, 1.807) is 97.1 Å². The van der Waals surface area contributed by atoms with Crippen molar-refractivity contribution < 1.29 is 20.4 Å². The fraction of sp³-hybridized carbons (Fsp3) is 0.0714. The third-order valence-electron chi connectivity index (χ3n) is 5.43. The van der Waals surface area contributed by atoms with Gasteiger partial charge in [-0.15, -0.1) is 0 Å². The molecule has 0 spiro atoms. The van der Waals surface area contributed by atoms with Crippen LogP contribution in [0.1, 0.15) is 34.3 Å². The summed E-state index contributed by atoms with van der Waals surface area (Å²) in [5.41, 5.74) is 2.00. The number of hydrogen-bond donors (Lipinski definition) is 4. The van der Waals surface area contributed by atoms with E-state index in [0.717, 1.165) is 0 Å². The first-order chi connectivity index (χ1) is 16.5. The van der Waals surface area contributed by atoms with Crippen LogP contribution < -0.4 is 0 Å². The Balaban J connectivity index is 1.87. The lowest BCUT2D eigenvalue weighted by Crippen LogP contribution is -2.10. The smallest absolute Gasteiger partial charge is 0.124 e. The minimum Gasteiger partial charge on any atom is -0.508 e. The lowest BCUT2D eigenvalue weighted by Gasteiger charge is -2.23. The van der Waals surface area contributed by atoms with Crippen molar-refractivity contribution in [3.05, 3.63) is 119 Å². The average molecular weight is 453 g/mol. The maximum atomic E-state index is 10.6. The van der Waals surface area contributed by atoms with Gasteiger partial charge in [-0.3, -0.25) is 9.98 Å². The quantitative estimate of drug-likeness (QED) is 0.277. The molecule has 0 bridgehead atoms. The van der Waals surface area contributed by atoms with Crippen molar-refractivity contribution >= 4 is 12.4 Å². The second-order valence-electron chi connectivity index (χ2n) is 7.68. The molecule has 0 aliphatic heterocycles. The minimum atomic E-state index is -0.754. The summed E-state index contributed by atoms with van der Waals surface area (Å²) in [5, 5.41) is 41.7. The summed E-state index contributed by atoms with van der Waals surface area (Å²) in [6.45, 7) is 0. The van der Waals surface area contributed by atoms with E-state index < -0.39 is 12.1 Å². The zero-order valence-corrected chi connectivity index (χ0v) is 18.2. The molecule has 0 amide bonds. The Morgan fingerprint density at radius 2 is 0.765 bits per heavy atom. The third-order valence-corrected chi connectivity index (χ3v) is 5.43. The molecule has 4 N–H and O–H groups in total. The van der Waals surface area contributed by atoms with Crippen molar-refractivity contribution in [2.24, 2.45) is 9.98 Å². The molecule has 4 rings (SSSR count). The van der Waals surface area contributed by atoms with E-state index in [4.69, 9.17) is 9.98 Å². The molecule has 0 unspecified atom stereocenters. The van der Waals surface area contributed by atoms with Crippen LogP contribution in [0.5, 0.6) is 23.0 Å². The van der Waals surface area contributed by atoms with Gasteiger partial charge in [0.2, 0.25) is 0 Å². The van der Waals surface area contributed by atoms with Crippen LogP contribution in [0.2, 0.25) is 0 Å². The monoisotopic (exact) mass is 452 g/mol. The molecule has 0 aromatic heterocycles. The van der Waals surface area contributed by atoms with E-state index in [0.29, 0.717) is 22.3 Å². The summed E-state index contributed by atoms with van der Waals surface area (Å²) in [4.78, 5) is 9.41. The largest absolute Gasteiger partial charge is 0.508 e. The highest BCUT2D eigenvalue weighted by molar-refractivity contribution is 5.84. The molecule has 34 heavy (non-hydrogen) atoms. The average Bonchev–Trinajstić information content (AvgIpc) is 2.84. The van der Waals surface area contributed by atoms with Gasteiger partial charge in [0.25, 0.3) is 0 Å². The number of para-hydroxylation sites is 4. The fourth-order valence-corrected chi connectivity index (χ4v) is 3.65. The van der Waals surface area contributed by atoms with Crippen LogP contribution in [0.25, 0.3) is 0 Å². The van der Waals surface area contributed by atoms with Crippen LogP contribution in [-0.4, -0.2) is 32.9 Å². The van der Waals surface area contributed by atoms with Gasteiger partial charge in [-0.05, 0) is 36.4 Å². The number of aromatic hydroxyl groups is 4. The van der Waals surface area contributed by atoms with Crippen LogP contribution in [0.4, 0.5) is 0 Å². The predicted molar refractivity (Wildman–Crippen MR) is 133 cm³/mol. The molecule has 6 nitrogen and oxygen atoms in total. The van der Waals surface area contributed by atoms with Gasteiger partial charge >= 0.3 is 0 Å². The molecule has 0 radical (unpaired) electrons. The van der Waals surface area contributed by atoms with Crippen LogP contribution in [0, 0.1) is 0 Å². The normalized spacial score (nSPS) is 13.3. The first-order valence-electron chi connectivity index (χ1n) is 10.7. The topological polar surface area (TPSA) is 106 Å². The summed E-state index contributed by atoms with van der Waals surface area (Å²) >= 11 is 0. The number of phenols is 4. The summed E-state index contributed by atoms with van der Waals surface area (Å²) in [6, 6.07) is 25.7. The summed E-state index contributed by atoms with van der Waals surface area (Å²) in [7, 11) is 0. The zero-order valence-electron chi connectivity index (χ0n) is 18.2. The molecule has 4 aromatic rings. The molecule has 0 saturated heterocycles. The highest BCUT2D eigenvalue weighted by Crippen LogP contribution is 2.42. The second kappa shape index (κ2) is 10.4. The highest BCUT2D eigenvalue weighted by atomic mass is 16.3. The maximum absolute atomic E-state index is 10.6. The molecule has 2 atom stereocenters. The first-order valence-corrected chi connectivity index (χ1v) is 10.7. The molecule has 0 fully saturated rings. The SMILES string of the molecule is Oc1ccccc1C=N[C@H](c1ccccc1O)[C@H](N=Cc1ccccc1O)c1ccccc1O. The molecule has 170 valence electrons. The summed E-state index contributed by atoms with van der Waals surface area (Å²) in [5.74, 6) is 0.193. The van der Waals surface area contributed by atoms with Gasteiger partial charge in [0.15, 0.2) is 0 Å². The number of hydrogen-bond acceptors (Lipinski definition) is 6. The number of benzene rings is 4. The van der Waals surface area contributed by atoms with Crippen molar-refractivity contribution in [2.75, 3.05) is 0 Å². The lowest BCUT2D eigenvalue weighted by molar-refractivity contribution is 0.438. The van der Waals surface area contributed by atoms with E-state index in [1.807, 2.05) is 0 Å². The molecular formula is C28H24N2O4. The number of phenolic OH excluding ortho intramolecular Hbond substituents is 4. The second-order valence-corrected chi connectivity index (χ2v) is 7.68. The van der Waals surface area contributed by atoms with E-state index in [-0.39, 0.29) is 23.0 Å². The van der Waals surface area contributed by atoms with Gasteiger partial charge in [0, 0.05) is 34.7 Å². The third kappa shape index (κ3) is 5.07. The summed E-state index contributed by atoms with van der Waals surface area (Å²) < 4.78 is 0. The highest BCUT2D eigenvalue weighted by Gasteiger charge is 2.27. The summed E-state index contributed by atoms with van der Waals surface area (Å²) in [6.07, 6.45) is 3.05. The molecule has 6 heteroatoms. The molecule has 0 heterocycles. The Labute approximate surface area is 197 Å². The number of rotatable bonds is 7. The standard InChI is InChI=1S/C28H24N2O4/c31-23-13-5-1-9-19(23)17-29-27(21-11-3-7-15-25(21)33)28(22-12-4-8-16-26(22)34)30-18-20-10-2-6-14-24(20)32/h1-18,27-28,31-34H/t27-,28-/m1/s1. The first kappa shape index (κ1) is 22.6. The molecule has 0 aliphatic carbocycles. The Kier molecular flexibility index (Phi) is 6.89. The van der Waals surface area contributed by atoms with Gasteiger partial charge in [-0.1, -0.05) is 60.7 Å². The van der Waals surface area contributed by atoms with Gasteiger partial charge in [0.05, 0.1) is 0 Å². The van der Waals surface area contributed by atoms with Crippen molar-refractivity contribution in [1.82, 2.24) is 0 Å². The van der Waals surface area contributed by atoms with Crippen molar-refractivity contribution in [3.63, 3.8) is 0 Å². The van der Waals surface area contributed by atoms with Gasteiger partial charge in [-0.2, -0.15) is 0 Å². The lowest BCUT2D eigenvalue weighted by atomic mass is 9.92. The Bertz CT molecular complexity index is 1230. The van der Waals surface area contributed by atoms with Crippen LogP contribution in [0.15, 0.2) is 107 Å². The fourth-order valence-electron chi connectivity index (χ4n) is 3.65. The maximum Gasteiger partial charge on any atom is 0.124 e. The Hall–Kier alpha value is -4.58. The minimum absolute atomic E-state index is 0.0279. The van der Waals surface area contributed by atoms with Crippen molar-refractivity contribution in [2.45, 2.75) is 12.1 Å². The molecule has 0 aliphatic rings. The van der Waals surface area contributed by atoms with E-state index in [9.17, 15) is 20.4 Å². The zero-order chi connectivity index (χ0) is 23.9. The van der Waals surface area contributed by atoms with Crippen molar-refractivity contribution in [1.29, 1.82) is 0 Å². The van der Waals surface area contributed by atoms with E-state index in [2.05, 4.69) is 0 Å². The Morgan fingerprint density at radius 3 is 1.12 bits per heavy atom. The van der Waals surface area contributed by atoms with Crippen LogP contribution in [-0.2, 0) is 0 Å². The van der Waals surface area contributed by atoms with Gasteiger partial charge in [0.1, 0.15) is 35.1 Å². The van der Waals surface area contributed by atoms with E-state index in [1.165, 1.54) is 12.4 Å². The van der Waals surface area contributed by atoms with Crippen molar-refractivity contribution in [3.8, 4) is 23.0 Å². The van der Waals surface area contributed by atoms with Crippen LogP contribution in [0.3, 0.4) is 0 Å². The van der Waals surface area contributed by atoms with Gasteiger partial charge in [-0.25, -0.2) is 0 Å².